The second kappa shape index (κ2) is 13.7. The van der Waals surface area contributed by atoms with Gasteiger partial charge in [0.15, 0.2) is 0 Å². The summed E-state index contributed by atoms with van der Waals surface area (Å²) >= 11 is 0. The first-order chi connectivity index (χ1) is 13.2. The largest absolute Gasteiger partial charge is 0.469 e. The molecule has 2 rings (SSSR count). The van der Waals surface area contributed by atoms with E-state index in [0.29, 0.717) is 6.42 Å². The summed E-state index contributed by atoms with van der Waals surface area (Å²) in [4.78, 5) is 23.9. The number of esters is 1. The van der Waals surface area contributed by atoms with Gasteiger partial charge in [-0.3, -0.25) is 9.59 Å². The van der Waals surface area contributed by atoms with Crippen LogP contribution in [0.5, 0.6) is 0 Å². The SMILES string of the molecule is COC(=O)C[C@@H](CCc1ccccc1)NC(=O)CNCCc1ccccc1.Cl. The number of hydrogen-bond donors (Lipinski definition) is 2. The summed E-state index contributed by atoms with van der Waals surface area (Å²) in [6, 6.07) is 19.9. The number of nitrogens with one attached hydrogen (secondary N) is 2. The van der Waals surface area contributed by atoms with Crippen LogP contribution in [0.25, 0.3) is 0 Å². The van der Waals surface area contributed by atoms with Crippen LogP contribution in [-0.2, 0) is 27.2 Å². The Kier molecular flexibility index (Phi) is 11.6. The van der Waals surface area contributed by atoms with Crippen molar-refractivity contribution in [1.29, 1.82) is 0 Å². The number of amides is 1. The maximum Gasteiger partial charge on any atom is 0.307 e. The van der Waals surface area contributed by atoms with Crippen LogP contribution in [0.15, 0.2) is 60.7 Å². The first-order valence-corrected chi connectivity index (χ1v) is 9.32. The standard InChI is InChI=1S/C22H28N2O3.ClH/c1-27-22(26)16-20(13-12-18-8-4-2-5-9-18)24-21(25)17-23-15-14-19-10-6-3-7-11-19;/h2-11,20,23H,12-17H2,1H3,(H,24,25);1H/t20-;/m1./s1. The number of halogens is 1. The average Bonchev–Trinajstić information content (AvgIpc) is 2.71. The van der Waals surface area contributed by atoms with E-state index in [2.05, 4.69) is 22.8 Å². The fourth-order valence-electron chi connectivity index (χ4n) is 2.85. The van der Waals surface area contributed by atoms with Gasteiger partial charge < -0.3 is 15.4 Å². The molecule has 1 atom stereocenters. The molecular formula is C22H29ClN2O3. The Hall–Kier alpha value is -2.37. The van der Waals surface area contributed by atoms with E-state index in [9.17, 15) is 9.59 Å². The molecule has 0 bridgehead atoms. The summed E-state index contributed by atoms with van der Waals surface area (Å²) in [5.74, 6) is -0.421. The molecule has 0 spiro atoms. The van der Waals surface area contributed by atoms with E-state index in [1.165, 1.54) is 18.2 Å². The number of carbonyl (C=O) groups excluding carboxylic acids is 2. The van der Waals surface area contributed by atoms with Crippen molar-refractivity contribution in [2.45, 2.75) is 31.7 Å². The Bertz CT molecular complexity index is 695. The molecule has 6 heteroatoms. The molecule has 0 aliphatic heterocycles. The first kappa shape index (κ1) is 23.7. The summed E-state index contributed by atoms with van der Waals surface area (Å²) in [6.45, 7) is 0.957. The van der Waals surface area contributed by atoms with Gasteiger partial charge in [-0.25, -0.2) is 0 Å². The highest BCUT2D eigenvalue weighted by Gasteiger charge is 2.16. The molecule has 2 aromatic carbocycles. The summed E-state index contributed by atoms with van der Waals surface area (Å²) < 4.78 is 4.76. The Morgan fingerprint density at radius 3 is 2.07 bits per heavy atom. The number of carbonyl (C=O) groups is 2. The molecule has 0 unspecified atom stereocenters. The van der Waals surface area contributed by atoms with Crippen LogP contribution in [0.2, 0.25) is 0 Å². The molecule has 0 aromatic heterocycles. The zero-order valence-corrected chi connectivity index (χ0v) is 17.0. The molecule has 28 heavy (non-hydrogen) atoms. The number of ether oxygens (including phenoxy) is 1. The second-order valence-corrected chi connectivity index (χ2v) is 6.48. The van der Waals surface area contributed by atoms with Gasteiger partial charge in [-0.1, -0.05) is 60.7 Å². The van der Waals surface area contributed by atoms with Gasteiger partial charge in [0.2, 0.25) is 5.91 Å². The Morgan fingerprint density at radius 2 is 1.50 bits per heavy atom. The average molecular weight is 405 g/mol. The fraction of sp³-hybridized carbons (Fsp3) is 0.364. The molecule has 0 aliphatic rings. The van der Waals surface area contributed by atoms with Crippen molar-refractivity contribution in [2.24, 2.45) is 0 Å². The highest BCUT2D eigenvalue weighted by molar-refractivity contribution is 5.85. The Labute approximate surface area is 173 Å². The minimum absolute atomic E-state index is 0. The van der Waals surface area contributed by atoms with E-state index in [0.717, 1.165) is 19.4 Å². The lowest BCUT2D eigenvalue weighted by Crippen LogP contribution is -2.42. The number of methoxy groups -OCH3 is 1. The van der Waals surface area contributed by atoms with Crippen molar-refractivity contribution in [3.63, 3.8) is 0 Å². The van der Waals surface area contributed by atoms with E-state index < -0.39 is 0 Å². The normalized spacial score (nSPS) is 11.2. The van der Waals surface area contributed by atoms with E-state index in [1.54, 1.807) is 0 Å². The van der Waals surface area contributed by atoms with Crippen LogP contribution in [0.4, 0.5) is 0 Å². The summed E-state index contributed by atoms with van der Waals surface area (Å²) in [5, 5.41) is 6.10. The Balaban J connectivity index is 0.00000392. The van der Waals surface area contributed by atoms with Gasteiger partial charge in [0.1, 0.15) is 0 Å². The molecule has 2 aromatic rings. The minimum Gasteiger partial charge on any atom is -0.469 e. The third kappa shape index (κ3) is 9.53. The molecule has 5 nitrogen and oxygen atoms in total. The van der Waals surface area contributed by atoms with E-state index >= 15 is 0 Å². The monoisotopic (exact) mass is 404 g/mol. The van der Waals surface area contributed by atoms with Gasteiger partial charge in [0, 0.05) is 6.04 Å². The number of rotatable bonds is 11. The van der Waals surface area contributed by atoms with E-state index in [-0.39, 0.29) is 43.3 Å². The lowest BCUT2D eigenvalue weighted by Gasteiger charge is -2.18. The molecule has 0 aliphatic carbocycles. The number of benzene rings is 2. The van der Waals surface area contributed by atoms with Crippen LogP contribution in [0.1, 0.15) is 24.0 Å². The van der Waals surface area contributed by atoms with Crippen molar-refractivity contribution in [2.75, 3.05) is 20.2 Å². The maximum atomic E-state index is 12.2. The van der Waals surface area contributed by atoms with Crippen molar-refractivity contribution >= 4 is 24.3 Å². The quantitative estimate of drug-likeness (QED) is 0.446. The number of aryl methyl sites for hydroxylation is 1. The van der Waals surface area contributed by atoms with Gasteiger partial charge >= 0.3 is 5.97 Å². The van der Waals surface area contributed by atoms with Crippen molar-refractivity contribution in [3.8, 4) is 0 Å². The smallest absolute Gasteiger partial charge is 0.307 e. The summed E-state index contributed by atoms with van der Waals surface area (Å²) in [6.07, 6.45) is 2.53. The van der Waals surface area contributed by atoms with Gasteiger partial charge in [-0.15, -0.1) is 12.4 Å². The van der Waals surface area contributed by atoms with Crippen LogP contribution in [0.3, 0.4) is 0 Å². The molecule has 2 N–H and O–H groups in total. The molecule has 0 heterocycles. The second-order valence-electron chi connectivity index (χ2n) is 6.48. The van der Waals surface area contributed by atoms with Crippen molar-refractivity contribution < 1.29 is 14.3 Å². The van der Waals surface area contributed by atoms with Gasteiger partial charge in [0.25, 0.3) is 0 Å². The zero-order valence-electron chi connectivity index (χ0n) is 16.2. The third-order valence-corrected chi connectivity index (χ3v) is 4.35. The van der Waals surface area contributed by atoms with Crippen LogP contribution >= 0.6 is 12.4 Å². The molecule has 0 saturated heterocycles. The minimum atomic E-state index is -0.314. The lowest BCUT2D eigenvalue weighted by atomic mass is 10.0. The highest BCUT2D eigenvalue weighted by Crippen LogP contribution is 2.08. The predicted molar refractivity (Wildman–Crippen MR) is 114 cm³/mol. The molecule has 152 valence electrons. The van der Waals surface area contributed by atoms with E-state index in [1.807, 2.05) is 48.5 Å². The molecule has 0 fully saturated rings. The fourth-order valence-corrected chi connectivity index (χ4v) is 2.85. The van der Waals surface area contributed by atoms with E-state index in [4.69, 9.17) is 4.74 Å². The zero-order chi connectivity index (χ0) is 19.3. The summed E-state index contributed by atoms with van der Waals surface area (Å²) in [7, 11) is 1.36. The Morgan fingerprint density at radius 1 is 0.929 bits per heavy atom. The van der Waals surface area contributed by atoms with Crippen LogP contribution in [0, 0.1) is 0 Å². The highest BCUT2D eigenvalue weighted by atomic mass is 35.5. The van der Waals surface area contributed by atoms with Crippen LogP contribution in [-0.4, -0.2) is 38.1 Å². The van der Waals surface area contributed by atoms with Gasteiger partial charge in [0.05, 0.1) is 20.1 Å². The molecule has 1 amide bonds. The predicted octanol–water partition coefficient (Wildman–Crippen LogP) is 2.92. The molecule has 0 saturated carbocycles. The summed E-state index contributed by atoms with van der Waals surface area (Å²) in [5.41, 5.74) is 2.42. The molecular weight excluding hydrogens is 376 g/mol. The van der Waals surface area contributed by atoms with Gasteiger partial charge in [-0.2, -0.15) is 0 Å². The lowest BCUT2D eigenvalue weighted by molar-refractivity contribution is -0.141. The van der Waals surface area contributed by atoms with Crippen LogP contribution < -0.4 is 10.6 Å². The maximum absolute atomic E-state index is 12.2. The third-order valence-electron chi connectivity index (χ3n) is 4.35. The molecule has 0 radical (unpaired) electrons. The van der Waals surface area contributed by atoms with Crippen molar-refractivity contribution in [1.82, 2.24) is 10.6 Å². The number of hydrogen-bond acceptors (Lipinski definition) is 4. The topological polar surface area (TPSA) is 67.4 Å². The first-order valence-electron chi connectivity index (χ1n) is 9.32. The van der Waals surface area contributed by atoms with Crippen molar-refractivity contribution in [3.05, 3.63) is 71.8 Å². The van der Waals surface area contributed by atoms with Gasteiger partial charge in [-0.05, 0) is 36.9 Å².